The summed E-state index contributed by atoms with van der Waals surface area (Å²) in [5.41, 5.74) is -1.75. The van der Waals surface area contributed by atoms with Crippen molar-refractivity contribution >= 4 is 26.8 Å². The van der Waals surface area contributed by atoms with Crippen molar-refractivity contribution in [2.45, 2.75) is 12.7 Å². The quantitative estimate of drug-likeness (QED) is 0.330. The van der Waals surface area contributed by atoms with Crippen LogP contribution in [0, 0.1) is 11.6 Å². The van der Waals surface area contributed by atoms with Gasteiger partial charge in [-0.2, -0.15) is 18.2 Å². The molecule has 2 aromatic heterocycles. The van der Waals surface area contributed by atoms with Gasteiger partial charge in [0.05, 0.1) is 23.8 Å². The highest BCUT2D eigenvalue weighted by Crippen LogP contribution is 2.36. The van der Waals surface area contributed by atoms with Gasteiger partial charge in [0.15, 0.2) is 0 Å². The summed E-state index contributed by atoms with van der Waals surface area (Å²) in [6.07, 6.45) is -2.42. The standard InChI is InChI=1S/C21H11BrF5N3O2/c22-11-6-16(23)14(17(24)7-11)9-30-10-29-19(31)13-8-12(3-4-18(13)30)32-20-15(21(25,26)27)2-1-5-28-20/h1-8,10H,9H2. The van der Waals surface area contributed by atoms with Gasteiger partial charge in [-0.05, 0) is 42.5 Å². The predicted octanol–water partition coefficient (Wildman–Crippen LogP) is 5.69. The first-order valence-corrected chi connectivity index (χ1v) is 9.75. The van der Waals surface area contributed by atoms with Crippen molar-refractivity contribution in [1.29, 1.82) is 0 Å². The molecule has 0 radical (unpaired) electrons. The van der Waals surface area contributed by atoms with Gasteiger partial charge >= 0.3 is 6.18 Å². The highest BCUT2D eigenvalue weighted by molar-refractivity contribution is 9.10. The summed E-state index contributed by atoms with van der Waals surface area (Å²) < 4.78 is 74.8. The van der Waals surface area contributed by atoms with Crippen LogP contribution in [-0.4, -0.2) is 14.5 Å². The number of hydrogen-bond acceptors (Lipinski definition) is 4. The van der Waals surface area contributed by atoms with E-state index < -0.39 is 34.8 Å². The lowest BCUT2D eigenvalue weighted by molar-refractivity contribution is -0.138. The first kappa shape index (κ1) is 21.9. The predicted molar refractivity (Wildman–Crippen MR) is 108 cm³/mol. The molecule has 5 nitrogen and oxygen atoms in total. The maximum atomic E-state index is 14.2. The molecular weight excluding hydrogens is 501 g/mol. The molecule has 164 valence electrons. The zero-order valence-corrected chi connectivity index (χ0v) is 17.4. The summed E-state index contributed by atoms with van der Waals surface area (Å²) in [4.78, 5) is 19.6. The van der Waals surface area contributed by atoms with Crippen molar-refractivity contribution in [2.24, 2.45) is 0 Å². The number of fused-ring (bicyclic) bond motifs is 1. The largest absolute Gasteiger partial charge is 0.438 e. The zero-order valence-electron chi connectivity index (χ0n) is 15.8. The van der Waals surface area contributed by atoms with Crippen molar-refractivity contribution in [3.63, 3.8) is 0 Å². The van der Waals surface area contributed by atoms with Gasteiger partial charge in [0.2, 0.25) is 5.88 Å². The van der Waals surface area contributed by atoms with E-state index in [-0.39, 0.29) is 33.2 Å². The van der Waals surface area contributed by atoms with Gasteiger partial charge in [-0.25, -0.2) is 13.8 Å². The van der Waals surface area contributed by atoms with Crippen LogP contribution < -0.4 is 10.3 Å². The summed E-state index contributed by atoms with van der Waals surface area (Å²) in [6.45, 7) is -0.270. The number of halogens is 6. The van der Waals surface area contributed by atoms with Gasteiger partial charge < -0.3 is 9.30 Å². The van der Waals surface area contributed by atoms with E-state index in [1.807, 2.05) is 0 Å². The Balaban J connectivity index is 1.74. The average molecular weight is 512 g/mol. The van der Waals surface area contributed by atoms with Crippen LogP contribution in [0.25, 0.3) is 10.9 Å². The summed E-state index contributed by atoms with van der Waals surface area (Å²) in [7, 11) is 0. The molecule has 0 bridgehead atoms. The van der Waals surface area contributed by atoms with Gasteiger partial charge in [-0.15, -0.1) is 0 Å². The number of hydrogen-bond donors (Lipinski definition) is 0. The minimum atomic E-state index is -4.69. The Morgan fingerprint density at radius 2 is 1.75 bits per heavy atom. The normalized spacial score (nSPS) is 11.7. The van der Waals surface area contributed by atoms with E-state index in [0.717, 1.165) is 36.8 Å². The fourth-order valence-corrected chi connectivity index (χ4v) is 3.48. The van der Waals surface area contributed by atoms with Gasteiger partial charge in [0, 0.05) is 16.2 Å². The van der Waals surface area contributed by atoms with Crippen LogP contribution in [0.4, 0.5) is 22.0 Å². The Hall–Kier alpha value is -3.34. The van der Waals surface area contributed by atoms with E-state index in [4.69, 9.17) is 4.74 Å². The van der Waals surface area contributed by atoms with E-state index >= 15 is 0 Å². The molecule has 0 atom stereocenters. The third-order valence-electron chi connectivity index (χ3n) is 4.55. The lowest BCUT2D eigenvalue weighted by Gasteiger charge is -2.14. The fourth-order valence-electron chi connectivity index (χ4n) is 3.07. The lowest BCUT2D eigenvalue weighted by Crippen LogP contribution is -2.14. The second-order valence-electron chi connectivity index (χ2n) is 6.66. The third kappa shape index (κ3) is 4.33. The number of ether oxygens (including phenoxy) is 1. The van der Waals surface area contributed by atoms with E-state index in [1.165, 1.54) is 22.8 Å². The third-order valence-corrected chi connectivity index (χ3v) is 5.01. The Bertz CT molecular complexity index is 1370. The monoisotopic (exact) mass is 511 g/mol. The van der Waals surface area contributed by atoms with Gasteiger partial charge in [0.25, 0.3) is 5.56 Å². The van der Waals surface area contributed by atoms with Gasteiger partial charge in [-0.1, -0.05) is 15.9 Å². The highest BCUT2D eigenvalue weighted by atomic mass is 79.9. The molecule has 0 aliphatic rings. The lowest BCUT2D eigenvalue weighted by atomic mass is 10.1. The molecule has 4 aromatic rings. The van der Waals surface area contributed by atoms with E-state index in [2.05, 4.69) is 25.9 Å². The van der Waals surface area contributed by atoms with Crippen LogP contribution in [0.1, 0.15) is 11.1 Å². The highest BCUT2D eigenvalue weighted by Gasteiger charge is 2.35. The Kier molecular flexibility index (Phi) is 5.68. The molecule has 0 spiro atoms. The second-order valence-corrected chi connectivity index (χ2v) is 7.58. The van der Waals surface area contributed by atoms with Gasteiger partial charge in [-0.3, -0.25) is 4.79 Å². The first-order valence-electron chi connectivity index (χ1n) is 8.96. The average Bonchev–Trinajstić information content (AvgIpc) is 2.72. The molecule has 0 aliphatic heterocycles. The molecule has 0 saturated heterocycles. The van der Waals surface area contributed by atoms with Crippen molar-refractivity contribution in [3.8, 4) is 11.6 Å². The summed E-state index contributed by atoms with van der Waals surface area (Å²) in [5.74, 6) is -2.35. The molecule has 0 N–H and O–H groups in total. The molecule has 0 aliphatic carbocycles. The Labute approximate surface area is 185 Å². The van der Waals surface area contributed by atoms with E-state index in [1.54, 1.807) is 0 Å². The van der Waals surface area contributed by atoms with Crippen LogP contribution in [0.15, 0.2) is 64.3 Å². The molecule has 0 fully saturated rings. The molecular formula is C21H11BrF5N3O2. The number of alkyl halides is 3. The molecule has 0 unspecified atom stereocenters. The second kappa shape index (κ2) is 8.30. The molecule has 0 amide bonds. The van der Waals surface area contributed by atoms with Crippen molar-refractivity contribution in [1.82, 2.24) is 14.5 Å². The SMILES string of the molecule is O=c1ncn(Cc2c(F)cc(Br)cc2F)c2ccc(Oc3ncccc3C(F)(F)F)cc12. The number of aromatic nitrogens is 3. The van der Waals surface area contributed by atoms with E-state index in [0.29, 0.717) is 0 Å². The number of nitrogens with zero attached hydrogens (tertiary/aromatic N) is 3. The summed E-state index contributed by atoms with van der Waals surface area (Å²) >= 11 is 3.00. The van der Waals surface area contributed by atoms with Crippen molar-refractivity contribution in [3.05, 3.63) is 92.6 Å². The molecule has 32 heavy (non-hydrogen) atoms. The van der Waals surface area contributed by atoms with Crippen LogP contribution in [-0.2, 0) is 12.7 Å². The molecule has 11 heteroatoms. The van der Waals surface area contributed by atoms with Crippen LogP contribution >= 0.6 is 15.9 Å². The van der Waals surface area contributed by atoms with Gasteiger partial charge in [0.1, 0.15) is 22.9 Å². The Morgan fingerprint density at radius 3 is 2.44 bits per heavy atom. The smallest absolute Gasteiger partial charge is 0.421 e. The van der Waals surface area contributed by atoms with E-state index in [9.17, 15) is 26.7 Å². The fraction of sp³-hybridized carbons (Fsp3) is 0.0952. The maximum Gasteiger partial charge on any atom is 0.421 e. The summed E-state index contributed by atoms with van der Waals surface area (Å²) in [5, 5.41) is -0.00702. The first-order chi connectivity index (χ1) is 15.1. The van der Waals surface area contributed by atoms with Crippen molar-refractivity contribution < 1.29 is 26.7 Å². The van der Waals surface area contributed by atoms with Crippen LogP contribution in [0.3, 0.4) is 0 Å². The topological polar surface area (TPSA) is 57.0 Å². The summed E-state index contributed by atoms with van der Waals surface area (Å²) in [6, 6.07) is 8.06. The number of rotatable bonds is 4. The number of pyridine rings is 1. The minimum absolute atomic E-state index is 0.00702. The van der Waals surface area contributed by atoms with Crippen LogP contribution in [0.2, 0.25) is 0 Å². The molecule has 0 saturated carbocycles. The van der Waals surface area contributed by atoms with Crippen molar-refractivity contribution in [2.75, 3.05) is 0 Å². The van der Waals surface area contributed by atoms with Crippen LogP contribution in [0.5, 0.6) is 11.6 Å². The molecule has 4 rings (SSSR count). The number of benzene rings is 2. The maximum absolute atomic E-state index is 14.2. The molecule has 2 heterocycles. The zero-order chi connectivity index (χ0) is 23.0. The Morgan fingerprint density at radius 1 is 1.03 bits per heavy atom. The minimum Gasteiger partial charge on any atom is -0.438 e. The molecule has 2 aromatic carbocycles.